The zero-order chi connectivity index (χ0) is 5.28. The molecule has 0 aromatic rings. The third kappa shape index (κ3) is 1.69. The Hall–Kier alpha value is 0.899. The van der Waals surface area contributed by atoms with E-state index in [-0.39, 0.29) is 0 Å². The second-order valence-corrected chi connectivity index (χ2v) is 6.22. The minimum atomic E-state index is 0.340. The third-order valence-electron chi connectivity index (χ3n) is 0.635. The molecule has 1 saturated heterocycles. The second kappa shape index (κ2) is 2.45. The summed E-state index contributed by atoms with van der Waals surface area (Å²) < 4.78 is 1.64. The first-order valence-electron chi connectivity index (χ1n) is 1.91. The molecular weight excluding hydrogens is 195 g/mol. The summed E-state index contributed by atoms with van der Waals surface area (Å²) in [6, 6.07) is 0. The van der Waals surface area contributed by atoms with Gasteiger partial charge < -0.3 is 0 Å². The Balaban J connectivity index is 2.40. The molecular formula is C4H5ClSSe. The molecule has 0 saturated carbocycles. The average molecular weight is 200 g/mol. The van der Waals surface area contributed by atoms with E-state index in [1.165, 1.54) is 3.80 Å². The number of thioether (sulfide) groups is 1. The fourth-order valence-corrected chi connectivity index (χ4v) is 4.76. The molecule has 3 heteroatoms. The Morgan fingerprint density at radius 3 is 2.86 bits per heavy atom. The molecule has 0 bridgehead atoms. The molecule has 1 aliphatic rings. The van der Waals surface area contributed by atoms with Crippen LogP contribution in [0.1, 0.15) is 0 Å². The molecule has 1 rings (SSSR count). The van der Waals surface area contributed by atoms with E-state index in [0.29, 0.717) is 19.7 Å². The quantitative estimate of drug-likeness (QED) is 0.424. The first-order chi connectivity index (χ1) is 3.29. The van der Waals surface area contributed by atoms with E-state index in [1.807, 2.05) is 0 Å². The van der Waals surface area contributed by atoms with E-state index in [2.05, 4.69) is 6.58 Å². The predicted octanol–water partition coefficient (Wildman–Crippen LogP) is 1.89. The van der Waals surface area contributed by atoms with Gasteiger partial charge in [0.1, 0.15) is 0 Å². The van der Waals surface area contributed by atoms with Gasteiger partial charge >= 0.3 is 58.7 Å². The molecule has 7 heavy (non-hydrogen) atoms. The van der Waals surface area contributed by atoms with Crippen molar-refractivity contribution in [3.63, 3.8) is 0 Å². The second-order valence-electron chi connectivity index (χ2n) is 1.21. The molecule has 0 radical (unpaired) electrons. The fourth-order valence-electron chi connectivity index (χ4n) is 0.369. The van der Waals surface area contributed by atoms with Crippen LogP contribution in [-0.4, -0.2) is 19.7 Å². The van der Waals surface area contributed by atoms with Crippen LogP contribution < -0.4 is 0 Å². The van der Waals surface area contributed by atoms with Crippen LogP contribution in [0.4, 0.5) is 0 Å². The summed E-state index contributed by atoms with van der Waals surface area (Å²) in [5.41, 5.74) is 0. The van der Waals surface area contributed by atoms with Crippen LogP contribution in [0, 0.1) is 0 Å². The Morgan fingerprint density at radius 2 is 2.71 bits per heavy atom. The summed E-state index contributed by atoms with van der Waals surface area (Å²) in [5, 5.41) is 1.16. The fraction of sp³-hybridized carbons (Fsp3) is 0.500. The topological polar surface area (TPSA) is 0 Å². The van der Waals surface area contributed by atoms with Crippen LogP contribution in [0.25, 0.3) is 0 Å². The summed E-state index contributed by atoms with van der Waals surface area (Å²) in [4.78, 5) is 0. The number of halogens is 1. The van der Waals surface area contributed by atoms with E-state index in [0.717, 1.165) is 5.32 Å². The monoisotopic (exact) mass is 200 g/mol. The van der Waals surface area contributed by atoms with Crippen LogP contribution in [0.3, 0.4) is 0 Å². The van der Waals surface area contributed by atoms with Crippen LogP contribution >= 0.6 is 23.4 Å². The van der Waals surface area contributed by atoms with Crippen molar-refractivity contribution in [2.75, 3.05) is 0 Å². The van der Waals surface area contributed by atoms with Gasteiger partial charge in [-0.1, -0.05) is 0 Å². The SMILES string of the molecule is C=C1SC(Cl)C[Se]1. The first kappa shape index (κ1) is 6.03. The Labute approximate surface area is 58.8 Å². The standard InChI is InChI=1S/C4H5ClSSe/c1-3-6-4(5)2-7-3/h4H,1-2H2. The first-order valence-corrected chi connectivity index (χ1v) is 5.30. The third-order valence-corrected chi connectivity index (χ3v) is 5.58. The van der Waals surface area contributed by atoms with Crippen LogP contribution in [0.15, 0.2) is 10.4 Å². The zero-order valence-corrected chi connectivity index (χ0v) is 6.97. The van der Waals surface area contributed by atoms with E-state index in [9.17, 15) is 0 Å². The molecule has 0 N–H and O–H groups in total. The predicted molar refractivity (Wildman–Crippen MR) is 36.9 cm³/mol. The number of rotatable bonds is 0. The summed E-state index contributed by atoms with van der Waals surface area (Å²) in [6.07, 6.45) is 0. The van der Waals surface area contributed by atoms with Gasteiger partial charge in [-0.2, -0.15) is 0 Å². The van der Waals surface area contributed by atoms with Crippen molar-refractivity contribution in [3.8, 4) is 0 Å². The molecule has 0 aromatic heterocycles. The maximum absolute atomic E-state index is 5.72. The molecule has 0 nitrogen and oxygen atoms in total. The van der Waals surface area contributed by atoms with Crippen LogP contribution in [0.5, 0.6) is 0 Å². The Bertz CT molecular complexity index is 93.7. The Kier molecular flexibility index (Phi) is 2.11. The van der Waals surface area contributed by atoms with Crippen molar-refractivity contribution in [3.05, 3.63) is 10.4 Å². The molecule has 1 heterocycles. The van der Waals surface area contributed by atoms with Gasteiger partial charge in [0.15, 0.2) is 0 Å². The van der Waals surface area contributed by atoms with Crippen molar-refractivity contribution in [1.82, 2.24) is 0 Å². The van der Waals surface area contributed by atoms with Gasteiger partial charge in [0.05, 0.1) is 0 Å². The minimum absolute atomic E-state index is 0.340. The van der Waals surface area contributed by atoms with E-state index < -0.39 is 0 Å². The van der Waals surface area contributed by atoms with Gasteiger partial charge in [-0.25, -0.2) is 0 Å². The van der Waals surface area contributed by atoms with Crippen molar-refractivity contribution < 1.29 is 0 Å². The van der Waals surface area contributed by atoms with Gasteiger partial charge in [0.2, 0.25) is 0 Å². The average Bonchev–Trinajstić information content (AvgIpc) is 1.87. The van der Waals surface area contributed by atoms with Crippen LogP contribution in [0.2, 0.25) is 5.32 Å². The van der Waals surface area contributed by atoms with Gasteiger partial charge in [-0.3, -0.25) is 0 Å². The van der Waals surface area contributed by atoms with Crippen molar-refractivity contribution in [2.24, 2.45) is 0 Å². The number of hydrogen-bond acceptors (Lipinski definition) is 1. The van der Waals surface area contributed by atoms with Gasteiger partial charge in [0.25, 0.3) is 0 Å². The van der Waals surface area contributed by atoms with Crippen molar-refractivity contribution in [2.45, 2.75) is 10.0 Å². The normalized spacial score (nSPS) is 31.6. The summed E-state index contributed by atoms with van der Waals surface area (Å²) in [6.45, 7) is 3.81. The zero-order valence-electron chi connectivity index (χ0n) is 3.69. The number of hydrogen-bond donors (Lipinski definition) is 0. The molecule has 1 aliphatic heterocycles. The summed E-state index contributed by atoms with van der Waals surface area (Å²) in [7, 11) is 0. The molecule has 1 unspecified atom stereocenters. The summed E-state index contributed by atoms with van der Waals surface area (Å²) >= 11 is 8.08. The van der Waals surface area contributed by atoms with Gasteiger partial charge in [-0.15, -0.1) is 0 Å². The molecule has 1 fully saturated rings. The maximum atomic E-state index is 5.72. The van der Waals surface area contributed by atoms with E-state index in [4.69, 9.17) is 11.6 Å². The molecule has 0 spiro atoms. The van der Waals surface area contributed by atoms with Gasteiger partial charge in [-0.05, 0) is 0 Å². The van der Waals surface area contributed by atoms with Crippen molar-refractivity contribution in [1.29, 1.82) is 0 Å². The van der Waals surface area contributed by atoms with E-state index >= 15 is 0 Å². The number of alkyl halides is 1. The van der Waals surface area contributed by atoms with E-state index in [1.54, 1.807) is 11.8 Å². The van der Waals surface area contributed by atoms with Crippen LogP contribution in [-0.2, 0) is 0 Å². The van der Waals surface area contributed by atoms with Gasteiger partial charge in [0, 0.05) is 0 Å². The summed E-state index contributed by atoms with van der Waals surface area (Å²) in [5.74, 6) is 0. The molecule has 0 aromatic carbocycles. The molecule has 40 valence electrons. The van der Waals surface area contributed by atoms with Crippen molar-refractivity contribution >= 4 is 38.3 Å². The molecule has 0 amide bonds. The Morgan fingerprint density at radius 1 is 2.00 bits per heavy atom. The molecule has 0 aliphatic carbocycles. The molecule has 1 atom stereocenters.